The Bertz CT molecular complexity index is 482. The summed E-state index contributed by atoms with van der Waals surface area (Å²) >= 11 is 0. The number of rotatable bonds is 5. The highest BCUT2D eigenvalue weighted by Crippen LogP contribution is 2.12. The molecule has 6 heteroatoms. The average Bonchev–Trinajstić information content (AvgIpc) is 2.28. The number of carbonyl (C=O) groups is 3. The molecule has 1 rings (SSSR count). The average molecular weight is 242 g/mol. The number of hydrogen-bond donors (Lipinski definition) is 1. The molecule has 1 aromatic carbocycles. The van der Waals surface area contributed by atoms with Crippen molar-refractivity contribution < 1.29 is 28.3 Å². The zero-order valence-electron chi connectivity index (χ0n) is 8.57. The molecule has 0 saturated heterocycles. The fourth-order valence-electron chi connectivity index (χ4n) is 1.16. The molecule has 0 atom stereocenters. The Hall–Kier alpha value is -2.11. The number of carboxylic acids is 1. The van der Waals surface area contributed by atoms with Crippen molar-refractivity contribution in [3.05, 3.63) is 35.4 Å². The van der Waals surface area contributed by atoms with Crippen molar-refractivity contribution in [2.75, 3.05) is 0 Å². The zero-order valence-corrected chi connectivity index (χ0v) is 8.57. The van der Waals surface area contributed by atoms with Gasteiger partial charge in [-0.1, -0.05) is 0 Å². The predicted octanol–water partition coefficient (Wildman–Crippen LogP) is 1.58. The van der Waals surface area contributed by atoms with Gasteiger partial charge in [0.05, 0.1) is 12.0 Å². The summed E-state index contributed by atoms with van der Waals surface area (Å²) < 4.78 is 25.9. The zero-order chi connectivity index (χ0) is 13.0. The first-order valence-electron chi connectivity index (χ1n) is 4.66. The molecule has 0 amide bonds. The van der Waals surface area contributed by atoms with E-state index in [0.29, 0.717) is 6.07 Å². The van der Waals surface area contributed by atoms with Crippen LogP contribution < -0.4 is 0 Å². The summed E-state index contributed by atoms with van der Waals surface area (Å²) in [4.78, 5) is 32.8. The van der Waals surface area contributed by atoms with E-state index in [1.54, 1.807) is 0 Å². The number of Topliss-reactive ketones (excluding diaryl/α,β-unsaturated/α-hetero) is 2. The van der Waals surface area contributed by atoms with Crippen LogP contribution in [0.15, 0.2) is 18.2 Å². The van der Waals surface area contributed by atoms with Crippen molar-refractivity contribution in [2.24, 2.45) is 0 Å². The van der Waals surface area contributed by atoms with Crippen LogP contribution in [0.1, 0.15) is 23.2 Å². The van der Waals surface area contributed by atoms with E-state index in [-0.39, 0.29) is 0 Å². The van der Waals surface area contributed by atoms with Gasteiger partial charge in [0.15, 0.2) is 0 Å². The molecule has 0 aliphatic rings. The van der Waals surface area contributed by atoms with Crippen molar-refractivity contribution in [3.63, 3.8) is 0 Å². The molecular weight excluding hydrogens is 234 g/mol. The van der Waals surface area contributed by atoms with E-state index in [1.807, 2.05) is 0 Å². The Balaban J connectivity index is 2.85. The summed E-state index contributed by atoms with van der Waals surface area (Å²) in [6.45, 7) is 0. The van der Waals surface area contributed by atoms with Crippen LogP contribution in [-0.2, 0) is 9.59 Å². The van der Waals surface area contributed by atoms with Gasteiger partial charge in [0, 0.05) is 6.42 Å². The number of halogens is 2. The van der Waals surface area contributed by atoms with Gasteiger partial charge in [0.2, 0.25) is 11.6 Å². The highest BCUT2D eigenvalue weighted by molar-refractivity contribution is 6.43. The van der Waals surface area contributed by atoms with E-state index in [2.05, 4.69) is 0 Å². The van der Waals surface area contributed by atoms with Gasteiger partial charge in [-0.3, -0.25) is 14.4 Å². The van der Waals surface area contributed by atoms with Gasteiger partial charge in [-0.2, -0.15) is 0 Å². The van der Waals surface area contributed by atoms with E-state index in [9.17, 15) is 23.2 Å². The molecular formula is C11H8F2O4. The molecule has 0 unspecified atom stereocenters. The third kappa shape index (κ3) is 3.44. The summed E-state index contributed by atoms with van der Waals surface area (Å²) in [6.07, 6.45) is -1.06. The summed E-state index contributed by atoms with van der Waals surface area (Å²) in [7, 11) is 0. The first kappa shape index (κ1) is 13.0. The van der Waals surface area contributed by atoms with E-state index in [1.165, 1.54) is 0 Å². The molecule has 1 aromatic rings. The van der Waals surface area contributed by atoms with Crippen molar-refractivity contribution in [1.29, 1.82) is 0 Å². The van der Waals surface area contributed by atoms with Gasteiger partial charge in [-0.25, -0.2) is 8.78 Å². The number of carbonyl (C=O) groups excluding carboxylic acids is 2. The fraction of sp³-hybridized carbons (Fsp3) is 0.182. The second kappa shape index (κ2) is 5.29. The van der Waals surface area contributed by atoms with Crippen molar-refractivity contribution >= 4 is 17.5 Å². The molecule has 90 valence electrons. The maximum Gasteiger partial charge on any atom is 0.303 e. The first-order chi connectivity index (χ1) is 7.91. The lowest BCUT2D eigenvalue weighted by Gasteiger charge is -2.01. The monoisotopic (exact) mass is 242 g/mol. The second-order valence-electron chi connectivity index (χ2n) is 3.27. The molecule has 0 aliphatic carbocycles. The molecule has 0 saturated carbocycles. The molecule has 1 N–H and O–H groups in total. The van der Waals surface area contributed by atoms with Crippen LogP contribution in [0.3, 0.4) is 0 Å². The highest BCUT2D eigenvalue weighted by Gasteiger charge is 2.20. The van der Waals surface area contributed by atoms with Crippen molar-refractivity contribution in [2.45, 2.75) is 12.8 Å². The van der Waals surface area contributed by atoms with Crippen molar-refractivity contribution in [1.82, 2.24) is 0 Å². The Labute approximate surface area is 94.9 Å². The van der Waals surface area contributed by atoms with Gasteiger partial charge >= 0.3 is 5.97 Å². The number of aliphatic carboxylic acids is 1. The first-order valence-corrected chi connectivity index (χ1v) is 4.66. The minimum Gasteiger partial charge on any atom is -0.481 e. The van der Waals surface area contributed by atoms with E-state index >= 15 is 0 Å². The van der Waals surface area contributed by atoms with Crippen LogP contribution >= 0.6 is 0 Å². The van der Waals surface area contributed by atoms with Crippen LogP contribution in [-0.4, -0.2) is 22.6 Å². The third-order valence-electron chi connectivity index (χ3n) is 1.99. The predicted molar refractivity (Wildman–Crippen MR) is 52.6 cm³/mol. The molecule has 17 heavy (non-hydrogen) atoms. The number of ketones is 2. The fourth-order valence-corrected chi connectivity index (χ4v) is 1.16. The molecule has 0 fully saturated rings. The maximum atomic E-state index is 13.1. The van der Waals surface area contributed by atoms with Crippen LogP contribution in [0.5, 0.6) is 0 Å². The van der Waals surface area contributed by atoms with Crippen molar-refractivity contribution in [3.8, 4) is 0 Å². The molecule has 4 nitrogen and oxygen atoms in total. The van der Waals surface area contributed by atoms with E-state index in [0.717, 1.165) is 12.1 Å². The maximum absolute atomic E-state index is 13.1. The van der Waals surface area contributed by atoms with Gasteiger partial charge in [0.1, 0.15) is 11.6 Å². The summed E-state index contributed by atoms with van der Waals surface area (Å²) in [5.41, 5.74) is -0.680. The largest absolute Gasteiger partial charge is 0.481 e. The van der Waals surface area contributed by atoms with Crippen LogP contribution in [0.25, 0.3) is 0 Å². The van der Waals surface area contributed by atoms with Crippen LogP contribution in [0.2, 0.25) is 0 Å². The number of benzene rings is 1. The minimum atomic E-state index is -1.24. The molecule has 0 heterocycles. The molecule has 0 aliphatic heterocycles. The SMILES string of the molecule is O=C(O)CCC(=O)C(=O)c1cc(F)ccc1F. The normalized spacial score (nSPS) is 10.0. The Morgan fingerprint density at radius 2 is 1.76 bits per heavy atom. The summed E-state index contributed by atoms with van der Waals surface area (Å²) in [6, 6.07) is 2.15. The van der Waals surface area contributed by atoms with Gasteiger partial charge < -0.3 is 5.11 Å². The van der Waals surface area contributed by atoms with Crippen LogP contribution in [0, 0.1) is 11.6 Å². The number of hydrogen-bond acceptors (Lipinski definition) is 3. The lowest BCUT2D eigenvalue weighted by molar-refractivity contribution is -0.138. The smallest absolute Gasteiger partial charge is 0.303 e. The van der Waals surface area contributed by atoms with Crippen LogP contribution in [0.4, 0.5) is 8.78 Å². The standard InChI is InChI=1S/C11H8F2O4/c12-6-1-2-8(13)7(5-6)11(17)9(14)3-4-10(15)16/h1-2,5H,3-4H2,(H,15,16). The second-order valence-corrected chi connectivity index (χ2v) is 3.27. The molecule has 0 bridgehead atoms. The Morgan fingerprint density at radius 3 is 2.35 bits per heavy atom. The summed E-state index contributed by atoms with van der Waals surface area (Å²) in [5, 5.41) is 8.32. The lowest BCUT2D eigenvalue weighted by atomic mass is 10.0. The number of carboxylic acid groups (broad SMARTS) is 1. The topological polar surface area (TPSA) is 71.4 Å². The quantitative estimate of drug-likeness (QED) is 0.628. The summed E-state index contributed by atoms with van der Waals surface area (Å²) in [5.74, 6) is -5.38. The molecule has 0 spiro atoms. The molecule has 0 aromatic heterocycles. The van der Waals surface area contributed by atoms with E-state index < -0.39 is 47.6 Å². The van der Waals surface area contributed by atoms with Gasteiger partial charge in [0.25, 0.3) is 0 Å². The van der Waals surface area contributed by atoms with Gasteiger partial charge in [-0.05, 0) is 18.2 Å². The Kier molecular flexibility index (Phi) is 4.03. The highest BCUT2D eigenvalue weighted by atomic mass is 19.1. The van der Waals surface area contributed by atoms with Gasteiger partial charge in [-0.15, -0.1) is 0 Å². The van der Waals surface area contributed by atoms with E-state index in [4.69, 9.17) is 5.11 Å². The lowest BCUT2D eigenvalue weighted by Crippen LogP contribution is -2.17. The third-order valence-corrected chi connectivity index (χ3v) is 1.99. The molecule has 0 radical (unpaired) electrons. The Morgan fingerprint density at radius 1 is 1.12 bits per heavy atom. The minimum absolute atomic E-state index is 0.526.